The van der Waals surface area contributed by atoms with Crippen LogP contribution in [0.2, 0.25) is 0 Å². The van der Waals surface area contributed by atoms with Gasteiger partial charge in [0.15, 0.2) is 0 Å². The van der Waals surface area contributed by atoms with Crippen LogP contribution in [0.1, 0.15) is 35.8 Å². The molecule has 2 heterocycles. The first kappa shape index (κ1) is 19.4. The number of ether oxygens (including phenoxy) is 1. The molecule has 1 N–H and O–H groups in total. The number of nitrogens with one attached hydrogen (secondary N) is 1. The highest BCUT2D eigenvalue weighted by molar-refractivity contribution is 7.13. The summed E-state index contributed by atoms with van der Waals surface area (Å²) in [6.45, 7) is 3.87. The quantitative estimate of drug-likeness (QED) is 0.476. The lowest BCUT2D eigenvalue weighted by molar-refractivity contribution is -0.385. The van der Waals surface area contributed by atoms with Crippen molar-refractivity contribution in [2.75, 3.05) is 6.61 Å². The molecule has 3 rings (SSSR count). The van der Waals surface area contributed by atoms with Crippen molar-refractivity contribution in [1.82, 2.24) is 15.3 Å². The van der Waals surface area contributed by atoms with Crippen LogP contribution in [0, 0.1) is 10.1 Å². The third-order valence-electron chi connectivity index (χ3n) is 3.99. The Morgan fingerprint density at radius 1 is 1.36 bits per heavy atom. The maximum absolute atomic E-state index is 12.7. The minimum Gasteiger partial charge on any atom is -0.477 e. The number of amides is 1. The molecule has 2 aromatic heterocycles. The molecule has 0 bridgehead atoms. The summed E-state index contributed by atoms with van der Waals surface area (Å²) in [6.07, 6.45) is 2.81. The molecule has 0 saturated carbocycles. The van der Waals surface area contributed by atoms with Crippen molar-refractivity contribution in [2.24, 2.45) is 0 Å². The number of aromatic nitrogens is 2. The van der Waals surface area contributed by atoms with Gasteiger partial charge in [0.25, 0.3) is 11.6 Å². The first-order valence-electron chi connectivity index (χ1n) is 8.57. The number of thiazole rings is 1. The lowest BCUT2D eigenvalue weighted by Crippen LogP contribution is -2.27. The van der Waals surface area contributed by atoms with Gasteiger partial charge < -0.3 is 10.1 Å². The average Bonchev–Trinajstić information content (AvgIpc) is 3.23. The second kappa shape index (κ2) is 8.57. The number of benzene rings is 1. The van der Waals surface area contributed by atoms with E-state index in [0.717, 1.165) is 22.3 Å². The van der Waals surface area contributed by atoms with E-state index in [-0.39, 0.29) is 29.8 Å². The molecule has 1 amide bonds. The molecule has 144 valence electrons. The fourth-order valence-corrected chi connectivity index (χ4v) is 3.26. The zero-order valence-corrected chi connectivity index (χ0v) is 16.1. The monoisotopic (exact) mass is 398 g/mol. The van der Waals surface area contributed by atoms with Crippen LogP contribution < -0.4 is 10.1 Å². The first-order chi connectivity index (χ1) is 13.5. The van der Waals surface area contributed by atoms with Crippen LogP contribution >= 0.6 is 11.3 Å². The van der Waals surface area contributed by atoms with Crippen LogP contribution in [-0.2, 0) is 0 Å². The third-order valence-corrected chi connectivity index (χ3v) is 4.81. The molecule has 1 aromatic carbocycles. The van der Waals surface area contributed by atoms with Crippen LogP contribution in [0.5, 0.6) is 5.88 Å². The molecule has 0 saturated heterocycles. The fourth-order valence-electron chi connectivity index (χ4n) is 2.62. The van der Waals surface area contributed by atoms with Gasteiger partial charge >= 0.3 is 0 Å². The lowest BCUT2D eigenvalue weighted by Gasteiger charge is -2.16. The zero-order valence-electron chi connectivity index (χ0n) is 15.3. The Morgan fingerprint density at radius 3 is 2.86 bits per heavy atom. The van der Waals surface area contributed by atoms with Crippen LogP contribution in [-0.4, -0.2) is 27.4 Å². The van der Waals surface area contributed by atoms with Gasteiger partial charge in [0, 0.05) is 23.2 Å². The summed E-state index contributed by atoms with van der Waals surface area (Å²) >= 11 is 1.53. The van der Waals surface area contributed by atoms with E-state index in [9.17, 15) is 14.9 Å². The summed E-state index contributed by atoms with van der Waals surface area (Å²) in [6, 6.07) is 8.55. The van der Waals surface area contributed by atoms with Gasteiger partial charge in [-0.05, 0) is 25.5 Å². The Labute approximate surface area is 165 Å². The molecule has 9 heteroatoms. The Morgan fingerprint density at radius 2 is 2.18 bits per heavy atom. The van der Waals surface area contributed by atoms with Crippen molar-refractivity contribution in [3.8, 4) is 16.5 Å². The smallest absolute Gasteiger partial charge is 0.288 e. The second-order valence-electron chi connectivity index (χ2n) is 5.89. The van der Waals surface area contributed by atoms with E-state index in [1.165, 1.54) is 17.4 Å². The fraction of sp³-hybridized carbons (Fsp3) is 0.211. The molecule has 28 heavy (non-hydrogen) atoms. The van der Waals surface area contributed by atoms with E-state index in [1.807, 2.05) is 36.6 Å². The second-order valence-corrected chi connectivity index (χ2v) is 6.79. The zero-order chi connectivity index (χ0) is 20.1. The molecule has 0 radical (unpaired) electrons. The maximum Gasteiger partial charge on any atom is 0.288 e. The van der Waals surface area contributed by atoms with E-state index < -0.39 is 10.8 Å². The van der Waals surface area contributed by atoms with E-state index >= 15 is 0 Å². The molecule has 0 aliphatic rings. The number of carbonyl (C=O) groups excluding carboxylic acids is 1. The highest BCUT2D eigenvalue weighted by Gasteiger charge is 2.21. The largest absolute Gasteiger partial charge is 0.477 e. The van der Waals surface area contributed by atoms with Gasteiger partial charge in [0.05, 0.1) is 17.6 Å². The molecule has 3 aromatic rings. The van der Waals surface area contributed by atoms with Crippen molar-refractivity contribution in [3.63, 3.8) is 0 Å². The van der Waals surface area contributed by atoms with Crippen LogP contribution in [0.4, 0.5) is 5.69 Å². The molecule has 8 nitrogen and oxygen atoms in total. The highest BCUT2D eigenvalue weighted by atomic mass is 32.1. The van der Waals surface area contributed by atoms with Crippen LogP contribution in [0.15, 0.2) is 48.1 Å². The number of hydrogen-bond acceptors (Lipinski definition) is 7. The van der Waals surface area contributed by atoms with Crippen LogP contribution in [0.25, 0.3) is 10.6 Å². The van der Waals surface area contributed by atoms with Gasteiger partial charge in [-0.1, -0.05) is 18.2 Å². The molecular formula is C19H18N4O4S. The SMILES string of the molecule is CCOc1ncc([N+](=O)[O-])cc1C(=O)NC(C)c1cccc(-c2nccs2)c1. The topological polar surface area (TPSA) is 107 Å². The number of carbonyl (C=O) groups is 1. The number of nitro groups is 1. The maximum atomic E-state index is 12.7. The minimum atomic E-state index is -0.597. The predicted molar refractivity (Wildman–Crippen MR) is 105 cm³/mol. The van der Waals surface area contributed by atoms with Crippen molar-refractivity contribution >= 4 is 22.9 Å². The van der Waals surface area contributed by atoms with Gasteiger partial charge in [0.1, 0.15) is 16.8 Å². The van der Waals surface area contributed by atoms with Crippen molar-refractivity contribution in [3.05, 3.63) is 69.3 Å². The van der Waals surface area contributed by atoms with Gasteiger partial charge in [0.2, 0.25) is 5.88 Å². The Kier molecular flexibility index (Phi) is 5.95. The lowest BCUT2D eigenvalue weighted by atomic mass is 10.0. The summed E-state index contributed by atoms with van der Waals surface area (Å²) in [4.78, 5) is 31.4. The average molecular weight is 398 g/mol. The van der Waals surface area contributed by atoms with Gasteiger partial charge in [-0.3, -0.25) is 14.9 Å². The molecule has 0 fully saturated rings. The Hall–Kier alpha value is -3.33. The third kappa shape index (κ3) is 4.32. The van der Waals surface area contributed by atoms with E-state index in [2.05, 4.69) is 15.3 Å². The van der Waals surface area contributed by atoms with Crippen molar-refractivity contribution in [1.29, 1.82) is 0 Å². The Balaban J connectivity index is 1.84. The van der Waals surface area contributed by atoms with Gasteiger partial charge in [-0.25, -0.2) is 9.97 Å². The van der Waals surface area contributed by atoms with E-state index in [0.29, 0.717) is 0 Å². The predicted octanol–water partition coefficient (Wildman–Crippen LogP) is 4.00. The molecule has 1 atom stereocenters. The molecule has 1 unspecified atom stereocenters. The standard InChI is InChI=1S/C19H18N4O4S/c1-3-27-18-16(10-15(11-21-18)23(25)26)17(24)22-12(2)13-5-4-6-14(9-13)19-20-7-8-28-19/h4-12H,3H2,1-2H3,(H,22,24). The Bertz CT molecular complexity index is 991. The summed E-state index contributed by atoms with van der Waals surface area (Å²) in [5, 5.41) is 16.7. The number of pyridine rings is 1. The summed E-state index contributed by atoms with van der Waals surface area (Å²) in [7, 11) is 0. The first-order valence-corrected chi connectivity index (χ1v) is 9.45. The van der Waals surface area contributed by atoms with Crippen molar-refractivity contribution in [2.45, 2.75) is 19.9 Å². The van der Waals surface area contributed by atoms with E-state index in [4.69, 9.17) is 4.74 Å². The normalized spacial score (nSPS) is 11.6. The summed E-state index contributed by atoms with van der Waals surface area (Å²) in [5.74, 6) is -0.430. The number of nitrogens with zero attached hydrogens (tertiary/aromatic N) is 3. The van der Waals surface area contributed by atoms with E-state index in [1.54, 1.807) is 13.1 Å². The molecule has 0 spiro atoms. The minimum absolute atomic E-state index is 0.0268. The number of rotatable bonds is 7. The highest BCUT2D eigenvalue weighted by Crippen LogP contribution is 2.26. The molecule has 0 aliphatic heterocycles. The number of hydrogen-bond donors (Lipinski definition) is 1. The molecule has 0 aliphatic carbocycles. The van der Waals surface area contributed by atoms with Crippen LogP contribution in [0.3, 0.4) is 0 Å². The van der Waals surface area contributed by atoms with Crippen molar-refractivity contribution < 1.29 is 14.5 Å². The summed E-state index contributed by atoms with van der Waals surface area (Å²) < 4.78 is 5.35. The molecular weight excluding hydrogens is 380 g/mol. The summed E-state index contributed by atoms with van der Waals surface area (Å²) in [5.41, 5.74) is 1.60. The van der Waals surface area contributed by atoms with Gasteiger partial charge in [-0.2, -0.15) is 0 Å². The van der Waals surface area contributed by atoms with Gasteiger partial charge in [-0.15, -0.1) is 11.3 Å².